The van der Waals surface area contributed by atoms with Gasteiger partial charge in [0.25, 0.3) is 0 Å². The zero-order valence-corrected chi connectivity index (χ0v) is 21.9. The van der Waals surface area contributed by atoms with Gasteiger partial charge in [-0.2, -0.15) is 0 Å². The summed E-state index contributed by atoms with van der Waals surface area (Å²) in [7, 11) is 0. The van der Waals surface area contributed by atoms with Gasteiger partial charge in [-0.15, -0.1) is 0 Å². The lowest BCUT2D eigenvalue weighted by atomic mass is 9.89. The second kappa shape index (κ2) is 9.75. The zero-order valence-electron chi connectivity index (χ0n) is 21.9. The Balaban J connectivity index is 1.78. The highest BCUT2D eigenvalue weighted by molar-refractivity contribution is 6.00. The molecule has 0 saturated heterocycles. The van der Waals surface area contributed by atoms with Crippen molar-refractivity contribution in [2.45, 2.75) is 84.7 Å². The van der Waals surface area contributed by atoms with Gasteiger partial charge < -0.3 is 24.8 Å². The number of phenolic OH excluding ortho intramolecular Hbond substituents is 1. The molecule has 6 nitrogen and oxygen atoms in total. The number of benzene rings is 2. The first-order chi connectivity index (χ1) is 16.9. The Labute approximate surface area is 212 Å². The van der Waals surface area contributed by atoms with Crippen LogP contribution in [-0.2, 0) is 12.8 Å². The molecule has 3 atom stereocenters. The summed E-state index contributed by atoms with van der Waals surface area (Å²) in [6, 6.07) is 6.94. The van der Waals surface area contributed by atoms with Gasteiger partial charge >= 0.3 is 0 Å². The fraction of sp³-hybridized carbons (Fsp3) is 0.433. The molecule has 0 radical (unpaired) electrons. The zero-order chi connectivity index (χ0) is 26.4. The number of fused-ring (bicyclic) bond motifs is 2. The van der Waals surface area contributed by atoms with Crippen LogP contribution < -0.4 is 9.47 Å². The van der Waals surface area contributed by atoms with Crippen molar-refractivity contribution in [3.63, 3.8) is 0 Å². The Morgan fingerprint density at radius 3 is 2.33 bits per heavy atom. The van der Waals surface area contributed by atoms with Crippen LogP contribution in [0.1, 0.15) is 92.8 Å². The van der Waals surface area contributed by atoms with Crippen LogP contribution in [0.2, 0.25) is 0 Å². The third-order valence-electron chi connectivity index (χ3n) is 6.75. The average molecular weight is 493 g/mol. The first-order valence-corrected chi connectivity index (χ1v) is 12.4. The minimum absolute atomic E-state index is 0.0581. The second-order valence-electron chi connectivity index (χ2n) is 10.9. The normalized spacial score (nSPS) is 20.7. The van der Waals surface area contributed by atoms with E-state index in [1.165, 1.54) is 0 Å². The molecule has 2 aliphatic rings. The summed E-state index contributed by atoms with van der Waals surface area (Å²) in [5.74, 6) is 1.01. The van der Waals surface area contributed by atoms with E-state index in [9.17, 15) is 20.1 Å². The molecule has 0 saturated carbocycles. The summed E-state index contributed by atoms with van der Waals surface area (Å²) >= 11 is 0. The third kappa shape index (κ3) is 5.06. The molecule has 0 unspecified atom stereocenters. The SMILES string of the molecule is CC(C)=CCc1cc([C@@H]2CC(=O)c3ccc(O)c(CC=C(C)C)c3O2)cc2c1O[C@@H](C(C)(C)O)[C@@H]2O. The van der Waals surface area contributed by atoms with Gasteiger partial charge in [-0.05, 0) is 89.8 Å². The second-order valence-corrected chi connectivity index (χ2v) is 10.9. The van der Waals surface area contributed by atoms with Crippen LogP contribution in [0.3, 0.4) is 0 Å². The highest BCUT2D eigenvalue weighted by Crippen LogP contribution is 2.47. The lowest BCUT2D eigenvalue weighted by Crippen LogP contribution is -2.41. The topological polar surface area (TPSA) is 96.2 Å². The number of allylic oxidation sites excluding steroid dienone is 4. The Bertz CT molecular complexity index is 1240. The van der Waals surface area contributed by atoms with Crippen LogP contribution in [0.4, 0.5) is 0 Å². The van der Waals surface area contributed by atoms with Gasteiger partial charge in [-0.25, -0.2) is 0 Å². The fourth-order valence-corrected chi connectivity index (χ4v) is 4.76. The largest absolute Gasteiger partial charge is 0.508 e. The molecule has 0 aromatic heterocycles. The number of aliphatic hydroxyl groups is 2. The molecule has 0 fully saturated rings. The van der Waals surface area contributed by atoms with E-state index in [4.69, 9.17) is 9.47 Å². The molecule has 0 bridgehead atoms. The maximum atomic E-state index is 13.2. The summed E-state index contributed by atoms with van der Waals surface area (Å²) in [5, 5.41) is 32.2. The van der Waals surface area contributed by atoms with E-state index < -0.39 is 23.9 Å². The monoisotopic (exact) mass is 492 g/mol. The number of phenols is 1. The summed E-state index contributed by atoms with van der Waals surface area (Å²) in [5.41, 5.74) is 4.24. The first kappa shape index (κ1) is 26.0. The number of hydrogen-bond donors (Lipinski definition) is 3. The fourth-order valence-electron chi connectivity index (χ4n) is 4.76. The molecular weight excluding hydrogens is 456 g/mol. The van der Waals surface area contributed by atoms with Gasteiger partial charge in [-0.3, -0.25) is 4.79 Å². The Kier molecular flexibility index (Phi) is 7.04. The maximum Gasteiger partial charge on any atom is 0.170 e. The van der Waals surface area contributed by atoms with Gasteiger partial charge in [0, 0.05) is 11.1 Å². The molecule has 36 heavy (non-hydrogen) atoms. The third-order valence-corrected chi connectivity index (χ3v) is 6.75. The number of aromatic hydroxyl groups is 1. The first-order valence-electron chi connectivity index (χ1n) is 12.4. The van der Waals surface area contributed by atoms with Crippen molar-refractivity contribution in [1.29, 1.82) is 0 Å². The molecular formula is C30H36O6. The van der Waals surface area contributed by atoms with Crippen molar-refractivity contribution in [3.8, 4) is 17.2 Å². The molecule has 192 valence electrons. The molecule has 2 aromatic rings. The predicted molar refractivity (Wildman–Crippen MR) is 139 cm³/mol. The summed E-state index contributed by atoms with van der Waals surface area (Å²) in [6.45, 7) is 11.2. The molecule has 0 spiro atoms. The van der Waals surface area contributed by atoms with Gasteiger partial charge in [0.15, 0.2) is 11.9 Å². The van der Waals surface area contributed by atoms with Gasteiger partial charge in [0.2, 0.25) is 0 Å². The molecule has 3 N–H and O–H groups in total. The van der Waals surface area contributed by atoms with Crippen molar-refractivity contribution in [1.82, 2.24) is 0 Å². The number of ether oxygens (including phenoxy) is 2. The molecule has 2 aromatic carbocycles. The summed E-state index contributed by atoms with van der Waals surface area (Å²) in [4.78, 5) is 13.2. The van der Waals surface area contributed by atoms with Crippen molar-refractivity contribution in [3.05, 3.63) is 75.4 Å². The van der Waals surface area contributed by atoms with Gasteiger partial charge in [-0.1, -0.05) is 23.3 Å². The quantitative estimate of drug-likeness (QED) is 0.449. The minimum atomic E-state index is -1.25. The standard InChI is InChI=1S/C30H36O6/c1-16(2)7-9-18-13-19(14-22-26(33)29(30(5,6)34)36-27(18)22)25-15-24(32)21-11-12-23(31)20(28(21)35-25)10-8-17(3)4/h7-8,11-14,25-26,29,31,33-34H,9-10,15H2,1-6H3/t25-,26+,29+/m0/s1. The number of carbonyl (C=O) groups excluding carboxylic acids is 1. The average Bonchev–Trinajstić information content (AvgIpc) is 3.13. The number of ketones is 1. The lowest BCUT2D eigenvalue weighted by Gasteiger charge is -2.28. The molecule has 0 aliphatic carbocycles. The highest BCUT2D eigenvalue weighted by atomic mass is 16.5. The Morgan fingerprint density at radius 1 is 1.03 bits per heavy atom. The Morgan fingerprint density at radius 2 is 1.69 bits per heavy atom. The van der Waals surface area contributed by atoms with E-state index in [0.717, 1.165) is 22.3 Å². The van der Waals surface area contributed by atoms with Gasteiger partial charge in [0.05, 0.1) is 17.6 Å². The van der Waals surface area contributed by atoms with E-state index >= 15 is 0 Å². The van der Waals surface area contributed by atoms with Crippen LogP contribution >= 0.6 is 0 Å². The predicted octanol–water partition coefficient (Wildman–Crippen LogP) is 5.68. The van der Waals surface area contributed by atoms with E-state index in [1.807, 2.05) is 45.9 Å². The van der Waals surface area contributed by atoms with E-state index in [2.05, 4.69) is 6.08 Å². The molecule has 2 aliphatic heterocycles. The number of aliphatic hydroxyl groups excluding tert-OH is 1. The van der Waals surface area contributed by atoms with Crippen LogP contribution in [0.15, 0.2) is 47.6 Å². The van der Waals surface area contributed by atoms with Crippen molar-refractivity contribution < 1.29 is 29.6 Å². The number of Topliss-reactive ketones (excluding diaryl/α,β-unsaturated/α-hetero) is 1. The van der Waals surface area contributed by atoms with Crippen molar-refractivity contribution >= 4 is 5.78 Å². The summed E-state index contributed by atoms with van der Waals surface area (Å²) < 4.78 is 12.5. The smallest absolute Gasteiger partial charge is 0.170 e. The number of rotatable bonds is 6. The van der Waals surface area contributed by atoms with Crippen LogP contribution in [0.25, 0.3) is 0 Å². The molecule has 2 heterocycles. The van der Waals surface area contributed by atoms with Gasteiger partial charge in [0.1, 0.15) is 29.5 Å². The molecule has 4 rings (SSSR count). The lowest BCUT2D eigenvalue weighted by molar-refractivity contribution is -0.0764. The van der Waals surface area contributed by atoms with Crippen molar-refractivity contribution in [2.24, 2.45) is 0 Å². The van der Waals surface area contributed by atoms with E-state index in [-0.39, 0.29) is 18.0 Å². The number of hydrogen-bond acceptors (Lipinski definition) is 6. The van der Waals surface area contributed by atoms with E-state index in [1.54, 1.807) is 26.0 Å². The minimum Gasteiger partial charge on any atom is -0.508 e. The van der Waals surface area contributed by atoms with Crippen molar-refractivity contribution in [2.75, 3.05) is 0 Å². The van der Waals surface area contributed by atoms with E-state index in [0.29, 0.717) is 41.0 Å². The molecule has 6 heteroatoms. The number of carbonyl (C=O) groups is 1. The maximum absolute atomic E-state index is 13.2. The molecule has 0 amide bonds. The Hall–Kier alpha value is -3.09. The van der Waals surface area contributed by atoms with Crippen LogP contribution in [0, 0.1) is 0 Å². The summed E-state index contributed by atoms with van der Waals surface area (Å²) in [6.07, 6.45) is 2.83. The highest BCUT2D eigenvalue weighted by Gasteiger charge is 2.44. The van der Waals surface area contributed by atoms with Crippen LogP contribution in [0.5, 0.6) is 17.2 Å². The van der Waals surface area contributed by atoms with Crippen LogP contribution in [-0.4, -0.2) is 32.8 Å².